The number of nitrogens with one attached hydrogen (secondary N) is 1. The smallest absolute Gasteiger partial charge is 0.221 e. The Hall–Kier alpha value is -1.40. The Labute approximate surface area is 114 Å². The van der Waals surface area contributed by atoms with Crippen molar-refractivity contribution in [3.05, 3.63) is 35.9 Å². The highest BCUT2D eigenvalue weighted by Gasteiger charge is 2.12. The number of nitrogens with two attached hydrogens (primary N) is 1. The molecule has 6 heteroatoms. The summed E-state index contributed by atoms with van der Waals surface area (Å²) >= 11 is 0. The Balaban J connectivity index is 2.38. The predicted molar refractivity (Wildman–Crippen MR) is 75.2 cm³/mol. The van der Waals surface area contributed by atoms with Crippen molar-refractivity contribution in [2.75, 3.05) is 12.3 Å². The molecule has 1 atom stereocenters. The third kappa shape index (κ3) is 6.93. The minimum atomic E-state index is -3.20. The summed E-state index contributed by atoms with van der Waals surface area (Å²) in [7, 11) is -3.20. The van der Waals surface area contributed by atoms with Crippen LogP contribution in [0.2, 0.25) is 0 Å². The van der Waals surface area contributed by atoms with Crippen LogP contribution < -0.4 is 11.1 Å². The second-order valence-corrected chi connectivity index (χ2v) is 6.79. The molecule has 1 rings (SSSR count). The number of hydrogen-bond donors (Lipinski definition) is 2. The molecule has 106 valence electrons. The Bertz CT molecular complexity index is 498. The summed E-state index contributed by atoms with van der Waals surface area (Å²) in [4.78, 5) is 11.3. The van der Waals surface area contributed by atoms with Gasteiger partial charge in [-0.15, -0.1) is 0 Å². The van der Waals surface area contributed by atoms with Gasteiger partial charge < -0.3 is 11.1 Å². The van der Waals surface area contributed by atoms with Crippen LogP contribution in [0.4, 0.5) is 0 Å². The molecular weight excluding hydrogens is 264 g/mol. The van der Waals surface area contributed by atoms with Crippen LogP contribution in [-0.4, -0.2) is 32.7 Å². The molecular formula is C13H20N2O3S. The van der Waals surface area contributed by atoms with Gasteiger partial charge in [0.05, 0.1) is 11.5 Å². The van der Waals surface area contributed by atoms with Crippen LogP contribution in [0.25, 0.3) is 0 Å². The van der Waals surface area contributed by atoms with Crippen LogP contribution >= 0.6 is 0 Å². The first-order valence-electron chi connectivity index (χ1n) is 6.16. The normalized spacial score (nSPS) is 12.9. The number of carbonyl (C=O) groups is 1. The van der Waals surface area contributed by atoms with Gasteiger partial charge in [-0.2, -0.15) is 0 Å². The van der Waals surface area contributed by atoms with Crippen molar-refractivity contribution >= 4 is 15.7 Å². The average Bonchev–Trinajstić information content (AvgIpc) is 2.28. The van der Waals surface area contributed by atoms with E-state index in [1.165, 1.54) is 0 Å². The molecule has 0 aliphatic carbocycles. The molecule has 0 heterocycles. The standard InChI is InChI=1S/C13H20N2O3S/c1-11(14)9-13(16)15-7-8-19(17,18)10-12-5-3-2-4-6-12/h2-6,11H,7-10,14H2,1H3,(H,15,16). The fourth-order valence-electron chi connectivity index (χ4n) is 1.61. The summed E-state index contributed by atoms with van der Waals surface area (Å²) in [5.41, 5.74) is 6.23. The third-order valence-electron chi connectivity index (χ3n) is 2.47. The van der Waals surface area contributed by atoms with E-state index in [0.29, 0.717) is 0 Å². The van der Waals surface area contributed by atoms with Gasteiger partial charge in [0.1, 0.15) is 0 Å². The topological polar surface area (TPSA) is 89.3 Å². The van der Waals surface area contributed by atoms with E-state index in [0.717, 1.165) is 5.56 Å². The SMILES string of the molecule is CC(N)CC(=O)NCCS(=O)(=O)Cc1ccccc1. The Kier molecular flexibility index (Phi) is 5.98. The molecule has 0 saturated carbocycles. The monoisotopic (exact) mass is 284 g/mol. The second-order valence-electron chi connectivity index (χ2n) is 4.61. The van der Waals surface area contributed by atoms with E-state index in [1.807, 2.05) is 6.07 Å². The van der Waals surface area contributed by atoms with E-state index in [2.05, 4.69) is 5.32 Å². The minimum Gasteiger partial charge on any atom is -0.355 e. The minimum absolute atomic E-state index is 0.00297. The molecule has 1 unspecified atom stereocenters. The van der Waals surface area contributed by atoms with Gasteiger partial charge in [-0.3, -0.25) is 4.79 Å². The number of rotatable bonds is 7. The van der Waals surface area contributed by atoms with Crippen LogP contribution in [0, 0.1) is 0 Å². The molecule has 3 N–H and O–H groups in total. The first kappa shape index (κ1) is 15.7. The van der Waals surface area contributed by atoms with E-state index in [4.69, 9.17) is 5.73 Å². The Morgan fingerprint density at radius 1 is 1.32 bits per heavy atom. The Morgan fingerprint density at radius 3 is 2.53 bits per heavy atom. The van der Waals surface area contributed by atoms with Gasteiger partial charge in [0.25, 0.3) is 0 Å². The number of hydrogen-bond acceptors (Lipinski definition) is 4. The van der Waals surface area contributed by atoms with Crippen molar-refractivity contribution in [1.82, 2.24) is 5.32 Å². The van der Waals surface area contributed by atoms with Crippen molar-refractivity contribution in [1.29, 1.82) is 0 Å². The van der Waals surface area contributed by atoms with Crippen LogP contribution in [0.1, 0.15) is 18.9 Å². The lowest BCUT2D eigenvalue weighted by atomic mass is 10.2. The third-order valence-corrected chi connectivity index (χ3v) is 4.07. The predicted octanol–water partition coefficient (Wildman–Crippen LogP) is 0.455. The molecule has 0 radical (unpaired) electrons. The number of carbonyl (C=O) groups excluding carboxylic acids is 1. The fraction of sp³-hybridized carbons (Fsp3) is 0.462. The van der Waals surface area contributed by atoms with Crippen molar-refractivity contribution in [3.63, 3.8) is 0 Å². The lowest BCUT2D eigenvalue weighted by molar-refractivity contribution is -0.121. The maximum absolute atomic E-state index is 11.8. The lowest BCUT2D eigenvalue weighted by Gasteiger charge is -2.08. The fourth-order valence-corrected chi connectivity index (χ4v) is 2.87. The molecule has 1 amide bonds. The zero-order chi connectivity index (χ0) is 14.3. The van der Waals surface area contributed by atoms with Gasteiger partial charge >= 0.3 is 0 Å². The van der Waals surface area contributed by atoms with E-state index < -0.39 is 9.84 Å². The maximum Gasteiger partial charge on any atom is 0.221 e. The Morgan fingerprint density at radius 2 is 1.95 bits per heavy atom. The highest BCUT2D eigenvalue weighted by atomic mass is 32.2. The van der Waals surface area contributed by atoms with Crippen LogP contribution in [0.5, 0.6) is 0 Å². The first-order chi connectivity index (χ1) is 8.89. The molecule has 0 aliphatic heterocycles. The van der Waals surface area contributed by atoms with E-state index in [9.17, 15) is 13.2 Å². The molecule has 1 aromatic carbocycles. The van der Waals surface area contributed by atoms with Gasteiger partial charge in [0.15, 0.2) is 9.84 Å². The van der Waals surface area contributed by atoms with Gasteiger partial charge in [-0.25, -0.2) is 8.42 Å². The maximum atomic E-state index is 11.8. The van der Waals surface area contributed by atoms with Crippen molar-refractivity contribution < 1.29 is 13.2 Å². The molecule has 1 aromatic rings. The average molecular weight is 284 g/mol. The second kappa shape index (κ2) is 7.25. The molecule has 0 aromatic heterocycles. The molecule has 0 saturated heterocycles. The summed E-state index contributed by atoms with van der Waals surface area (Å²) in [5.74, 6) is -0.284. The van der Waals surface area contributed by atoms with E-state index in [-0.39, 0.29) is 36.4 Å². The van der Waals surface area contributed by atoms with Crippen molar-refractivity contribution in [2.24, 2.45) is 5.73 Å². The molecule has 0 bridgehead atoms. The summed E-state index contributed by atoms with van der Waals surface area (Å²) in [5, 5.41) is 2.56. The molecule has 0 aliphatic rings. The summed E-state index contributed by atoms with van der Waals surface area (Å²) < 4.78 is 23.7. The number of amides is 1. The summed E-state index contributed by atoms with van der Waals surface area (Å²) in [6.07, 6.45) is 0.207. The van der Waals surface area contributed by atoms with Crippen LogP contribution in [-0.2, 0) is 20.4 Å². The van der Waals surface area contributed by atoms with Crippen molar-refractivity contribution in [3.8, 4) is 0 Å². The van der Waals surface area contributed by atoms with Crippen LogP contribution in [0.15, 0.2) is 30.3 Å². The molecule has 5 nitrogen and oxygen atoms in total. The van der Waals surface area contributed by atoms with Crippen molar-refractivity contribution in [2.45, 2.75) is 25.1 Å². The lowest BCUT2D eigenvalue weighted by Crippen LogP contribution is -2.33. The van der Waals surface area contributed by atoms with Gasteiger partial charge in [-0.1, -0.05) is 30.3 Å². The number of benzene rings is 1. The van der Waals surface area contributed by atoms with Crippen LogP contribution in [0.3, 0.4) is 0 Å². The zero-order valence-corrected chi connectivity index (χ0v) is 11.8. The highest BCUT2D eigenvalue weighted by molar-refractivity contribution is 7.90. The van der Waals surface area contributed by atoms with E-state index >= 15 is 0 Å². The quantitative estimate of drug-likeness (QED) is 0.761. The van der Waals surface area contributed by atoms with Gasteiger partial charge in [0, 0.05) is 19.0 Å². The van der Waals surface area contributed by atoms with Gasteiger partial charge in [0.2, 0.25) is 5.91 Å². The van der Waals surface area contributed by atoms with Gasteiger partial charge in [-0.05, 0) is 12.5 Å². The largest absolute Gasteiger partial charge is 0.355 e. The molecule has 0 fully saturated rings. The summed E-state index contributed by atoms with van der Waals surface area (Å²) in [6, 6.07) is 8.76. The summed E-state index contributed by atoms with van der Waals surface area (Å²) in [6.45, 7) is 1.85. The highest BCUT2D eigenvalue weighted by Crippen LogP contribution is 2.05. The number of sulfone groups is 1. The zero-order valence-electron chi connectivity index (χ0n) is 11.0. The first-order valence-corrected chi connectivity index (χ1v) is 7.98. The molecule has 19 heavy (non-hydrogen) atoms. The molecule has 0 spiro atoms. The van der Waals surface area contributed by atoms with E-state index in [1.54, 1.807) is 31.2 Å².